The maximum absolute atomic E-state index is 5.59. The number of furan rings is 1. The van der Waals surface area contributed by atoms with Gasteiger partial charge >= 0.3 is 0 Å². The second-order valence-electron chi connectivity index (χ2n) is 5.00. The first-order chi connectivity index (χ1) is 7.65. The third-order valence-electron chi connectivity index (χ3n) is 3.46. The van der Waals surface area contributed by atoms with Crippen LogP contribution in [0.2, 0.25) is 0 Å². The fourth-order valence-corrected chi connectivity index (χ4v) is 2.46. The van der Waals surface area contributed by atoms with E-state index < -0.39 is 0 Å². The molecule has 1 fully saturated rings. The number of aryl methyl sites for hydroxylation is 1. The van der Waals surface area contributed by atoms with Crippen LogP contribution in [0, 0.1) is 12.8 Å². The third-order valence-corrected chi connectivity index (χ3v) is 3.46. The van der Waals surface area contributed by atoms with Crippen molar-refractivity contribution in [3.05, 3.63) is 23.7 Å². The number of nitrogens with one attached hydrogen (secondary N) is 1. The van der Waals surface area contributed by atoms with Crippen molar-refractivity contribution in [1.29, 1.82) is 0 Å². The summed E-state index contributed by atoms with van der Waals surface area (Å²) in [7, 11) is 2.17. The molecular formula is C13H22N2O. The van der Waals surface area contributed by atoms with E-state index in [-0.39, 0.29) is 0 Å². The second kappa shape index (κ2) is 5.02. The predicted molar refractivity (Wildman–Crippen MR) is 65.4 cm³/mol. The molecule has 0 saturated carbocycles. The average Bonchev–Trinajstić information content (AvgIpc) is 2.77. The van der Waals surface area contributed by atoms with Crippen molar-refractivity contribution in [2.75, 3.05) is 20.1 Å². The Morgan fingerprint density at radius 3 is 2.88 bits per heavy atom. The molecule has 0 radical (unpaired) electrons. The SMILES string of the molecule is Cc1ccc(CN(C)CC2CCNC2C)o1. The van der Waals surface area contributed by atoms with Gasteiger partial charge in [0.2, 0.25) is 0 Å². The Labute approximate surface area is 97.8 Å². The van der Waals surface area contributed by atoms with Crippen LogP contribution in [-0.4, -0.2) is 31.1 Å². The number of nitrogens with zero attached hydrogens (tertiary/aromatic N) is 1. The molecule has 0 spiro atoms. The van der Waals surface area contributed by atoms with E-state index in [1.807, 2.05) is 13.0 Å². The Morgan fingerprint density at radius 2 is 2.31 bits per heavy atom. The molecule has 1 aliphatic rings. The standard InChI is InChI=1S/C13H22N2O/c1-10-4-5-13(16-10)9-15(3)8-12-6-7-14-11(12)2/h4-5,11-12,14H,6-9H2,1-3H3. The number of hydrogen-bond donors (Lipinski definition) is 1. The Balaban J connectivity index is 1.82. The highest BCUT2D eigenvalue weighted by atomic mass is 16.3. The second-order valence-corrected chi connectivity index (χ2v) is 5.00. The van der Waals surface area contributed by atoms with Gasteiger partial charge in [0.05, 0.1) is 6.54 Å². The lowest BCUT2D eigenvalue weighted by molar-refractivity contribution is 0.240. The topological polar surface area (TPSA) is 28.4 Å². The van der Waals surface area contributed by atoms with Gasteiger partial charge in [-0.1, -0.05) is 0 Å². The molecule has 90 valence electrons. The molecule has 0 aromatic carbocycles. The van der Waals surface area contributed by atoms with E-state index in [4.69, 9.17) is 4.42 Å². The van der Waals surface area contributed by atoms with Gasteiger partial charge in [-0.05, 0) is 51.9 Å². The van der Waals surface area contributed by atoms with Crippen molar-refractivity contribution in [3.63, 3.8) is 0 Å². The minimum Gasteiger partial charge on any atom is -0.465 e. The van der Waals surface area contributed by atoms with E-state index >= 15 is 0 Å². The minimum atomic E-state index is 0.654. The molecule has 16 heavy (non-hydrogen) atoms. The molecule has 1 saturated heterocycles. The van der Waals surface area contributed by atoms with Crippen molar-refractivity contribution in [2.24, 2.45) is 5.92 Å². The Bertz CT molecular complexity index is 334. The van der Waals surface area contributed by atoms with E-state index in [9.17, 15) is 0 Å². The summed E-state index contributed by atoms with van der Waals surface area (Å²) in [4.78, 5) is 2.35. The summed E-state index contributed by atoms with van der Waals surface area (Å²) in [5.41, 5.74) is 0. The van der Waals surface area contributed by atoms with E-state index in [0.717, 1.165) is 30.5 Å². The van der Waals surface area contributed by atoms with Gasteiger partial charge in [0.25, 0.3) is 0 Å². The quantitative estimate of drug-likeness (QED) is 0.845. The highest BCUT2D eigenvalue weighted by molar-refractivity contribution is 5.05. The van der Waals surface area contributed by atoms with E-state index in [1.54, 1.807) is 0 Å². The van der Waals surface area contributed by atoms with Crippen LogP contribution in [0.25, 0.3) is 0 Å². The zero-order chi connectivity index (χ0) is 11.5. The van der Waals surface area contributed by atoms with Crippen LogP contribution < -0.4 is 5.32 Å². The van der Waals surface area contributed by atoms with Gasteiger partial charge in [0.15, 0.2) is 0 Å². The monoisotopic (exact) mass is 222 g/mol. The average molecular weight is 222 g/mol. The lowest BCUT2D eigenvalue weighted by Gasteiger charge is -2.22. The van der Waals surface area contributed by atoms with E-state index in [1.165, 1.54) is 13.0 Å². The smallest absolute Gasteiger partial charge is 0.118 e. The van der Waals surface area contributed by atoms with Gasteiger partial charge in [-0.2, -0.15) is 0 Å². The first-order valence-electron chi connectivity index (χ1n) is 6.12. The molecular weight excluding hydrogens is 200 g/mol. The van der Waals surface area contributed by atoms with Crippen molar-refractivity contribution < 1.29 is 4.42 Å². The zero-order valence-electron chi connectivity index (χ0n) is 10.5. The predicted octanol–water partition coefficient (Wildman–Crippen LogP) is 2.02. The highest BCUT2D eigenvalue weighted by Crippen LogP contribution is 2.17. The van der Waals surface area contributed by atoms with Crippen LogP contribution in [0.5, 0.6) is 0 Å². The Kier molecular flexibility index (Phi) is 3.66. The molecule has 1 aromatic rings. The summed E-state index contributed by atoms with van der Waals surface area (Å²) in [6.45, 7) is 7.50. The molecule has 3 heteroatoms. The lowest BCUT2D eigenvalue weighted by Crippen LogP contribution is -2.32. The number of hydrogen-bond acceptors (Lipinski definition) is 3. The molecule has 2 unspecified atom stereocenters. The van der Waals surface area contributed by atoms with Crippen LogP contribution in [0.4, 0.5) is 0 Å². The maximum atomic E-state index is 5.59. The van der Waals surface area contributed by atoms with Gasteiger partial charge in [-0.25, -0.2) is 0 Å². The van der Waals surface area contributed by atoms with Crippen molar-refractivity contribution in [1.82, 2.24) is 10.2 Å². The fourth-order valence-electron chi connectivity index (χ4n) is 2.46. The van der Waals surface area contributed by atoms with Crippen molar-refractivity contribution in [2.45, 2.75) is 32.9 Å². The molecule has 1 aromatic heterocycles. The van der Waals surface area contributed by atoms with Crippen LogP contribution in [0.3, 0.4) is 0 Å². The molecule has 2 rings (SSSR count). The molecule has 2 heterocycles. The normalized spacial score (nSPS) is 25.5. The molecule has 0 aliphatic carbocycles. The summed E-state index contributed by atoms with van der Waals surface area (Å²) in [5, 5.41) is 3.49. The molecule has 0 bridgehead atoms. The van der Waals surface area contributed by atoms with Crippen LogP contribution in [-0.2, 0) is 6.54 Å². The van der Waals surface area contributed by atoms with Gasteiger partial charge < -0.3 is 9.73 Å². The Hall–Kier alpha value is -0.800. The van der Waals surface area contributed by atoms with Gasteiger partial charge in [0.1, 0.15) is 11.5 Å². The Morgan fingerprint density at radius 1 is 1.50 bits per heavy atom. The van der Waals surface area contributed by atoms with Gasteiger partial charge in [-0.15, -0.1) is 0 Å². The van der Waals surface area contributed by atoms with Gasteiger partial charge in [0, 0.05) is 12.6 Å². The summed E-state index contributed by atoms with van der Waals surface area (Å²) < 4.78 is 5.59. The van der Waals surface area contributed by atoms with E-state index in [0.29, 0.717) is 6.04 Å². The fraction of sp³-hybridized carbons (Fsp3) is 0.692. The van der Waals surface area contributed by atoms with Crippen LogP contribution in [0.15, 0.2) is 16.5 Å². The van der Waals surface area contributed by atoms with Gasteiger partial charge in [-0.3, -0.25) is 4.90 Å². The lowest BCUT2D eigenvalue weighted by atomic mass is 10.0. The summed E-state index contributed by atoms with van der Waals surface area (Å²) >= 11 is 0. The largest absolute Gasteiger partial charge is 0.465 e. The van der Waals surface area contributed by atoms with Crippen molar-refractivity contribution >= 4 is 0 Å². The minimum absolute atomic E-state index is 0.654. The summed E-state index contributed by atoms with van der Waals surface area (Å²) in [6.07, 6.45) is 1.29. The van der Waals surface area contributed by atoms with Crippen molar-refractivity contribution in [3.8, 4) is 0 Å². The maximum Gasteiger partial charge on any atom is 0.118 e. The van der Waals surface area contributed by atoms with E-state index in [2.05, 4.69) is 30.3 Å². The van der Waals surface area contributed by atoms with Crippen LogP contribution in [0.1, 0.15) is 24.9 Å². The zero-order valence-corrected chi connectivity index (χ0v) is 10.5. The number of rotatable bonds is 4. The first kappa shape index (κ1) is 11.7. The third kappa shape index (κ3) is 2.86. The molecule has 1 N–H and O–H groups in total. The van der Waals surface area contributed by atoms with Crippen LogP contribution >= 0.6 is 0 Å². The molecule has 1 aliphatic heterocycles. The molecule has 0 amide bonds. The highest BCUT2D eigenvalue weighted by Gasteiger charge is 2.23. The summed E-state index contributed by atoms with van der Waals surface area (Å²) in [5.74, 6) is 2.85. The molecule has 3 nitrogen and oxygen atoms in total. The molecule has 2 atom stereocenters. The summed E-state index contributed by atoms with van der Waals surface area (Å²) in [6, 6.07) is 4.76. The first-order valence-corrected chi connectivity index (χ1v) is 6.12.